The minimum absolute atomic E-state index is 0. The van der Waals surface area contributed by atoms with Gasteiger partial charge in [-0.2, -0.15) is 12.1 Å². The zero-order valence-electron chi connectivity index (χ0n) is 20.7. The molecule has 170 valence electrons. The second-order valence-electron chi connectivity index (χ2n) is 8.23. The second-order valence-corrected chi connectivity index (χ2v) is 8.23. The number of rotatable bonds is 2. The van der Waals surface area contributed by atoms with E-state index >= 15 is 0 Å². The van der Waals surface area contributed by atoms with Gasteiger partial charge in [-0.15, -0.1) is 74.6 Å². The Morgan fingerprint density at radius 1 is 0.758 bits per heavy atom. The van der Waals surface area contributed by atoms with Crippen molar-refractivity contribution in [1.82, 2.24) is 0 Å². The van der Waals surface area contributed by atoms with Crippen LogP contribution in [0.3, 0.4) is 0 Å². The van der Waals surface area contributed by atoms with Crippen LogP contribution in [0.4, 0.5) is 0 Å². The predicted molar refractivity (Wildman–Crippen MR) is 147 cm³/mol. The van der Waals surface area contributed by atoms with E-state index in [-0.39, 0.29) is 14.9 Å². The van der Waals surface area contributed by atoms with E-state index in [2.05, 4.69) is 126 Å². The molecule has 0 spiro atoms. The first-order valence-corrected chi connectivity index (χ1v) is 14.8. The second kappa shape index (κ2) is 13.6. The quantitative estimate of drug-likeness (QED) is 0.159. The van der Waals surface area contributed by atoms with Crippen LogP contribution in [-0.2, 0) is 23.3 Å². The molecular formula is C31H34SiZr-4. The van der Waals surface area contributed by atoms with Crippen LogP contribution in [0.2, 0.25) is 0 Å². The average Bonchev–Trinajstić information content (AvgIpc) is 3.41. The Hall–Kier alpha value is -2.02. The van der Waals surface area contributed by atoms with E-state index in [4.69, 9.17) is 0 Å². The van der Waals surface area contributed by atoms with Gasteiger partial charge in [-0.25, -0.2) is 0 Å². The van der Waals surface area contributed by atoms with Crippen molar-refractivity contribution in [3.8, 4) is 11.1 Å². The summed E-state index contributed by atoms with van der Waals surface area (Å²) in [6.07, 6.45) is 0. The van der Waals surface area contributed by atoms with E-state index in [1.54, 1.807) is 0 Å². The molecule has 0 amide bonds. The molecule has 2 radical (unpaired) electrons. The van der Waals surface area contributed by atoms with Crippen LogP contribution in [0.25, 0.3) is 32.7 Å². The first kappa shape index (κ1) is 29.0. The van der Waals surface area contributed by atoms with Crippen molar-refractivity contribution in [3.05, 3.63) is 123 Å². The third-order valence-electron chi connectivity index (χ3n) is 5.64. The molecule has 0 N–H and O–H groups in total. The summed E-state index contributed by atoms with van der Waals surface area (Å²) in [5.74, 6) is 0.636. The van der Waals surface area contributed by atoms with Gasteiger partial charge in [0.05, 0.1) is 0 Å². The monoisotopic (exact) mass is 524 g/mol. The van der Waals surface area contributed by atoms with Crippen LogP contribution >= 0.6 is 0 Å². The van der Waals surface area contributed by atoms with Gasteiger partial charge in [0.15, 0.2) is 0 Å². The van der Waals surface area contributed by atoms with Crippen molar-refractivity contribution in [2.45, 2.75) is 33.6 Å². The van der Waals surface area contributed by atoms with E-state index < -0.39 is 0 Å². The summed E-state index contributed by atoms with van der Waals surface area (Å²) in [5, 5.41) is 5.47. The van der Waals surface area contributed by atoms with Crippen molar-refractivity contribution in [2.24, 2.45) is 0 Å². The molecule has 0 saturated heterocycles. The molecule has 0 aliphatic carbocycles. The van der Waals surface area contributed by atoms with Crippen LogP contribution in [0.1, 0.15) is 36.5 Å². The molecule has 0 nitrogen and oxygen atoms in total. The van der Waals surface area contributed by atoms with Crippen molar-refractivity contribution in [2.75, 3.05) is 0 Å². The van der Waals surface area contributed by atoms with Crippen LogP contribution < -0.4 is 0 Å². The molecule has 0 aliphatic rings. The van der Waals surface area contributed by atoms with Gasteiger partial charge in [0.2, 0.25) is 0 Å². The maximum absolute atomic E-state index is 3.06. The molecular weight excluding hydrogens is 492 g/mol. The molecule has 0 heterocycles. The number of hydrogen-bond donors (Lipinski definition) is 0. The Bertz CT molecular complexity index is 1230. The standard InChI is InChI=1S/C17H15.C12H13.2CH3.Si.Zr/c1-12-10-16-13(2)8-9-15(17(16)11-12)14-6-4-3-5-7-14;1-9(2)12-7-10-5-3-4-6-11(10)8-12;;;;/h3-11H,1-2H3;3-9H,1-2H3;2*1H3;;/q4*-1;;. The fraction of sp³-hybridized carbons (Fsp3) is 0.161. The molecule has 0 atom stereocenters. The summed E-state index contributed by atoms with van der Waals surface area (Å²) in [4.78, 5) is 0. The van der Waals surface area contributed by atoms with Crippen LogP contribution in [0.5, 0.6) is 0 Å². The molecule has 5 rings (SSSR count). The summed E-state index contributed by atoms with van der Waals surface area (Å²) in [7, 11) is 0. The van der Waals surface area contributed by atoms with Crippen molar-refractivity contribution < 1.29 is 23.3 Å². The summed E-state index contributed by atoms with van der Waals surface area (Å²) >= 11 is 1.36. The van der Waals surface area contributed by atoms with Crippen LogP contribution in [0, 0.1) is 28.7 Å². The predicted octanol–water partition coefficient (Wildman–Crippen LogP) is 9.04. The SMILES string of the molecule is CC(C)c1cc2ccccc2[cH-]1.Cc1cc2c(-c3ccccc3)ccc(C)c2[cH-]1.[CH3-].[CH3-].[Si]=[Zr]. The summed E-state index contributed by atoms with van der Waals surface area (Å²) in [5.41, 5.74) is 6.76. The molecule has 5 aromatic rings. The fourth-order valence-corrected chi connectivity index (χ4v) is 3.97. The Balaban J connectivity index is 0.000000303. The Morgan fingerprint density at radius 3 is 2.03 bits per heavy atom. The minimum atomic E-state index is 0. The molecule has 5 aromatic carbocycles. The molecule has 33 heavy (non-hydrogen) atoms. The first-order valence-electron chi connectivity index (χ1n) is 10.7. The number of fused-ring (bicyclic) bond motifs is 2. The summed E-state index contributed by atoms with van der Waals surface area (Å²) in [6.45, 7) is 11.9. The zero-order valence-corrected chi connectivity index (χ0v) is 24.2. The van der Waals surface area contributed by atoms with Crippen molar-refractivity contribution in [1.29, 1.82) is 0 Å². The Kier molecular flexibility index (Phi) is 12.0. The van der Waals surface area contributed by atoms with Gasteiger partial charge in [0.25, 0.3) is 0 Å². The van der Waals surface area contributed by atoms with Crippen molar-refractivity contribution >= 4 is 28.4 Å². The van der Waals surface area contributed by atoms with E-state index in [0.717, 1.165) is 0 Å². The summed E-state index contributed by atoms with van der Waals surface area (Å²) < 4.78 is 0. The van der Waals surface area contributed by atoms with Gasteiger partial charge < -0.3 is 14.9 Å². The molecule has 0 aromatic heterocycles. The summed E-state index contributed by atoms with van der Waals surface area (Å²) in [6, 6.07) is 32.7. The van der Waals surface area contributed by atoms with E-state index in [1.807, 2.05) is 0 Å². The Labute approximate surface area is 218 Å². The number of aryl methyl sites for hydroxylation is 2. The van der Waals surface area contributed by atoms with Gasteiger partial charge in [-0.1, -0.05) is 75.7 Å². The molecule has 0 aliphatic heterocycles. The van der Waals surface area contributed by atoms with Crippen LogP contribution in [0.15, 0.2) is 91.0 Å². The Morgan fingerprint density at radius 2 is 1.39 bits per heavy atom. The zero-order chi connectivity index (χ0) is 22.4. The molecule has 0 unspecified atom stereocenters. The van der Waals surface area contributed by atoms with Gasteiger partial charge >= 0.3 is 30.2 Å². The van der Waals surface area contributed by atoms with Gasteiger partial charge in [0.1, 0.15) is 0 Å². The van der Waals surface area contributed by atoms with E-state index in [0.29, 0.717) is 5.92 Å². The average molecular weight is 526 g/mol. The molecule has 0 saturated carbocycles. The number of benzene rings is 3. The van der Waals surface area contributed by atoms with Crippen molar-refractivity contribution in [3.63, 3.8) is 0 Å². The third kappa shape index (κ3) is 6.98. The number of hydrogen-bond acceptors (Lipinski definition) is 0. The molecule has 0 fully saturated rings. The van der Waals surface area contributed by atoms with E-state index in [9.17, 15) is 0 Å². The molecule has 0 bridgehead atoms. The molecule has 2 heteroatoms. The normalized spacial score (nSPS) is 9.82. The maximum atomic E-state index is 3.06. The van der Waals surface area contributed by atoms with E-state index in [1.165, 1.54) is 72.7 Å². The van der Waals surface area contributed by atoms with Gasteiger partial charge in [-0.05, 0) is 11.5 Å². The van der Waals surface area contributed by atoms with Gasteiger partial charge in [-0.3, -0.25) is 0 Å². The van der Waals surface area contributed by atoms with Gasteiger partial charge in [0, 0.05) is 0 Å². The topological polar surface area (TPSA) is 0 Å². The fourth-order valence-electron chi connectivity index (χ4n) is 3.97. The van der Waals surface area contributed by atoms with Crippen LogP contribution in [-0.4, -0.2) is 6.88 Å². The third-order valence-corrected chi connectivity index (χ3v) is 5.64. The first-order chi connectivity index (χ1) is 15.0.